The van der Waals surface area contributed by atoms with Crippen LogP contribution in [0.2, 0.25) is 0 Å². The van der Waals surface area contributed by atoms with Crippen LogP contribution in [0.1, 0.15) is 30.9 Å². The Labute approximate surface area is 183 Å². The quantitative estimate of drug-likeness (QED) is 0.284. The van der Waals surface area contributed by atoms with Gasteiger partial charge in [-0.1, -0.05) is 74.0 Å². The Morgan fingerprint density at radius 3 is 2.10 bits per heavy atom. The van der Waals surface area contributed by atoms with Crippen LogP contribution in [-0.2, 0) is 14.8 Å². The van der Waals surface area contributed by atoms with Crippen molar-refractivity contribution in [3.8, 4) is 0 Å². The lowest BCUT2D eigenvalue weighted by atomic mass is 10.0. The van der Waals surface area contributed by atoms with Crippen molar-refractivity contribution in [2.24, 2.45) is 0 Å². The van der Waals surface area contributed by atoms with Crippen LogP contribution in [0.4, 0.5) is 5.69 Å². The lowest BCUT2D eigenvalue weighted by Gasteiger charge is -2.11. The summed E-state index contributed by atoms with van der Waals surface area (Å²) < 4.78 is 27.2. The molecule has 3 aromatic carbocycles. The number of hydrogen-bond donors (Lipinski definition) is 2. The molecule has 0 saturated heterocycles. The number of unbranched alkanes of at least 4 members (excludes halogenated alkanes) is 1. The van der Waals surface area contributed by atoms with Gasteiger partial charge >= 0.3 is 0 Å². The normalized spacial score (nSPS) is 11.8. The zero-order chi connectivity index (χ0) is 22.1. The van der Waals surface area contributed by atoms with Crippen LogP contribution >= 0.6 is 0 Å². The Balaban J connectivity index is 1.80. The molecular weight excluding hydrogens is 408 g/mol. The average Bonchev–Trinajstić information content (AvgIpc) is 2.79. The van der Waals surface area contributed by atoms with Crippen molar-refractivity contribution in [2.45, 2.75) is 24.7 Å². The van der Waals surface area contributed by atoms with E-state index in [1.165, 1.54) is 12.1 Å². The first-order valence-electron chi connectivity index (χ1n) is 10.2. The predicted molar refractivity (Wildman–Crippen MR) is 126 cm³/mol. The summed E-state index contributed by atoms with van der Waals surface area (Å²) in [6.07, 6.45) is 3.53. The molecule has 160 valence electrons. The summed E-state index contributed by atoms with van der Waals surface area (Å²) in [4.78, 5) is 13.2. The van der Waals surface area contributed by atoms with E-state index < -0.39 is 10.0 Å². The number of carbonyl (C=O) groups excluding carboxylic acids is 1. The molecule has 0 atom stereocenters. The highest BCUT2D eigenvalue weighted by molar-refractivity contribution is 7.89. The summed E-state index contributed by atoms with van der Waals surface area (Å²) in [6, 6.07) is 25.2. The van der Waals surface area contributed by atoms with Gasteiger partial charge in [-0.3, -0.25) is 4.79 Å². The van der Waals surface area contributed by atoms with Crippen LogP contribution in [0, 0.1) is 0 Å². The Morgan fingerprint density at radius 2 is 1.48 bits per heavy atom. The molecule has 0 aliphatic rings. The molecule has 0 saturated carbocycles. The minimum absolute atomic E-state index is 0.171. The molecule has 0 heterocycles. The van der Waals surface area contributed by atoms with E-state index in [9.17, 15) is 13.2 Å². The Morgan fingerprint density at radius 1 is 0.871 bits per heavy atom. The zero-order valence-electron chi connectivity index (χ0n) is 17.4. The smallest absolute Gasteiger partial charge is 0.256 e. The van der Waals surface area contributed by atoms with Crippen LogP contribution in [0.3, 0.4) is 0 Å². The highest BCUT2D eigenvalue weighted by Gasteiger charge is 2.15. The van der Waals surface area contributed by atoms with Gasteiger partial charge in [-0.05, 0) is 47.9 Å². The minimum atomic E-state index is -3.55. The molecule has 3 rings (SSSR count). The molecule has 6 heteroatoms. The molecular formula is C25H26N2O3S. The van der Waals surface area contributed by atoms with Crippen LogP contribution < -0.4 is 10.0 Å². The van der Waals surface area contributed by atoms with Crippen molar-refractivity contribution >= 4 is 33.3 Å². The molecule has 5 nitrogen and oxygen atoms in total. The fourth-order valence-corrected chi connectivity index (χ4v) is 4.07. The third-order valence-electron chi connectivity index (χ3n) is 4.68. The maximum absolute atomic E-state index is 13.1. The first-order valence-corrected chi connectivity index (χ1v) is 11.7. The minimum Gasteiger partial charge on any atom is -0.322 e. The van der Waals surface area contributed by atoms with Crippen molar-refractivity contribution in [1.82, 2.24) is 4.72 Å². The van der Waals surface area contributed by atoms with Gasteiger partial charge in [0.05, 0.1) is 4.90 Å². The molecule has 0 bridgehead atoms. The van der Waals surface area contributed by atoms with Gasteiger partial charge < -0.3 is 5.32 Å². The SMILES string of the molecule is CCCCNS(=O)(=O)c1ccc(NC(=O)C(=Cc2ccccc2)c2ccccc2)cc1. The number of anilines is 1. The van der Waals surface area contributed by atoms with Gasteiger partial charge in [0.15, 0.2) is 0 Å². The first kappa shape index (κ1) is 22.5. The molecule has 0 unspecified atom stereocenters. The number of nitrogens with one attached hydrogen (secondary N) is 2. The number of rotatable bonds is 9. The Kier molecular flexibility index (Phi) is 7.76. The van der Waals surface area contributed by atoms with E-state index in [2.05, 4.69) is 10.0 Å². The van der Waals surface area contributed by atoms with Gasteiger partial charge in [0.25, 0.3) is 5.91 Å². The summed E-state index contributed by atoms with van der Waals surface area (Å²) >= 11 is 0. The fourth-order valence-electron chi connectivity index (χ4n) is 3.00. The fraction of sp³-hybridized carbons (Fsp3) is 0.160. The van der Waals surface area contributed by atoms with Gasteiger partial charge in [0.1, 0.15) is 0 Å². The molecule has 2 N–H and O–H groups in total. The highest BCUT2D eigenvalue weighted by atomic mass is 32.2. The molecule has 0 spiro atoms. The average molecular weight is 435 g/mol. The van der Waals surface area contributed by atoms with Crippen molar-refractivity contribution in [3.63, 3.8) is 0 Å². The summed E-state index contributed by atoms with van der Waals surface area (Å²) in [5.74, 6) is -0.272. The zero-order valence-corrected chi connectivity index (χ0v) is 18.2. The van der Waals surface area contributed by atoms with Crippen molar-refractivity contribution in [3.05, 3.63) is 96.1 Å². The van der Waals surface area contributed by atoms with E-state index in [1.54, 1.807) is 12.1 Å². The summed E-state index contributed by atoms with van der Waals surface area (Å²) in [7, 11) is -3.55. The van der Waals surface area contributed by atoms with Gasteiger partial charge in [-0.25, -0.2) is 13.1 Å². The molecule has 1 amide bonds. The molecule has 0 aliphatic heterocycles. The van der Waals surface area contributed by atoms with Gasteiger partial charge in [-0.15, -0.1) is 0 Å². The Bertz CT molecular complexity index is 1120. The standard InChI is InChI=1S/C25H26N2O3S/c1-2-3-18-26-31(29,30)23-16-14-22(15-17-23)27-25(28)24(21-12-8-5-9-13-21)19-20-10-6-4-7-11-20/h4-17,19,26H,2-3,18H2,1H3,(H,27,28). The van der Waals surface area contributed by atoms with E-state index in [-0.39, 0.29) is 10.8 Å². The first-order chi connectivity index (χ1) is 15.0. The number of sulfonamides is 1. The third kappa shape index (κ3) is 6.38. The summed E-state index contributed by atoms with van der Waals surface area (Å²) in [5.41, 5.74) is 2.75. The largest absolute Gasteiger partial charge is 0.322 e. The molecule has 0 fully saturated rings. The third-order valence-corrected chi connectivity index (χ3v) is 6.16. The topological polar surface area (TPSA) is 75.3 Å². The maximum atomic E-state index is 13.1. The van der Waals surface area contributed by atoms with E-state index in [1.807, 2.05) is 73.7 Å². The number of hydrogen-bond acceptors (Lipinski definition) is 3. The molecule has 3 aromatic rings. The van der Waals surface area contributed by atoms with E-state index in [4.69, 9.17) is 0 Å². The number of carbonyl (C=O) groups is 1. The predicted octanol–water partition coefficient (Wildman–Crippen LogP) is 4.94. The highest BCUT2D eigenvalue weighted by Crippen LogP contribution is 2.21. The molecule has 0 radical (unpaired) electrons. The van der Waals surface area contributed by atoms with Crippen LogP contribution in [0.5, 0.6) is 0 Å². The molecule has 0 aliphatic carbocycles. The molecule has 0 aromatic heterocycles. The van der Waals surface area contributed by atoms with Crippen molar-refractivity contribution in [2.75, 3.05) is 11.9 Å². The van der Waals surface area contributed by atoms with Crippen LogP contribution in [0.15, 0.2) is 89.8 Å². The van der Waals surface area contributed by atoms with E-state index >= 15 is 0 Å². The second-order valence-electron chi connectivity index (χ2n) is 7.06. The monoisotopic (exact) mass is 434 g/mol. The summed E-state index contributed by atoms with van der Waals surface area (Å²) in [6.45, 7) is 2.41. The Hall–Kier alpha value is -3.22. The summed E-state index contributed by atoms with van der Waals surface area (Å²) in [5, 5.41) is 2.87. The van der Waals surface area contributed by atoms with Crippen LogP contribution in [0.25, 0.3) is 11.6 Å². The van der Waals surface area contributed by atoms with Crippen molar-refractivity contribution < 1.29 is 13.2 Å². The number of amides is 1. The van der Waals surface area contributed by atoms with Gasteiger partial charge in [0.2, 0.25) is 10.0 Å². The molecule has 31 heavy (non-hydrogen) atoms. The van der Waals surface area contributed by atoms with Gasteiger partial charge in [-0.2, -0.15) is 0 Å². The maximum Gasteiger partial charge on any atom is 0.256 e. The van der Waals surface area contributed by atoms with Crippen LogP contribution in [-0.4, -0.2) is 20.9 Å². The lowest BCUT2D eigenvalue weighted by Crippen LogP contribution is -2.24. The van der Waals surface area contributed by atoms with E-state index in [0.717, 1.165) is 24.0 Å². The second-order valence-corrected chi connectivity index (χ2v) is 8.83. The van der Waals surface area contributed by atoms with E-state index in [0.29, 0.717) is 17.8 Å². The van der Waals surface area contributed by atoms with Gasteiger partial charge in [0, 0.05) is 17.8 Å². The lowest BCUT2D eigenvalue weighted by molar-refractivity contribution is -0.111. The second kappa shape index (κ2) is 10.7. The number of benzene rings is 3. The van der Waals surface area contributed by atoms with Crippen molar-refractivity contribution in [1.29, 1.82) is 0 Å².